The summed E-state index contributed by atoms with van der Waals surface area (Å²) in [5.74, 6) is -4.28. The van der Waals surface area contributed by atoms with E-state index in [2.05, 4.69) is 0 Å². The Balaban J connectivity index is 1.94. The van der Waals surface area contributed by atoms with E-state index >= 15 is 0 Å². The number of Topliss-reactive ketones (excluding diaryl/α,β-unsaturated/α-hetero) is 4. The molecular formula is C32H26O10. The molecule has 0 aliphatic heterocycles. The maximum Gasteiger partial charge on any atom is 0.234 e. The minimum atomic E-state index is -1.03. The van der Waals surface area contributed by atoms with Crippen LogP contribution in [-0.4, -0.2) is 61.8 Å². The van der Waals surface area contributed by atoms with E-state index < -0.39 is 34.6 Å². The number of aromatic hydroxyl groups is 2. The van der Waals surface area contributed by atoms with Gasteiger partial charge in [0.15, 0.2) is 23.0 Å². The van der Waals surface area contributed by atoms with Crippen LogP contribution in [0.5, 0.6) is 34.5 Å². The SMILES string of the molecule is COc1cccc(C(=O)C(=O)c2cc(O)c(OC)cc2-c2cc(OC)c(O)cc2C(=O)C(=O)c2cccc(OC)c2)c1. The van der Waals surface area contributed by atoms with Crippen LogP contribution in [0.1, 0.15) is 41.4 Å². The van der Waals surface area contributed by atoms with Gasteiger partial charge in [-0.05, 0) is 59.7 Å². The first-order valence-electron chi connectivity index (χ1n) is 12.4. The molecule has 4 rings (SSSR count). The summed E-state index contributed by atoms with van der Waals surface area (Å²) in [7, 11) is 5.37. The van der Waals surface area contributed by atoms with Crippen molar-refractivity contribution in [1.82, 2.24) is 0 Å². The summed E-state index contributed by atoms with van der Waals surface area (Å²) in [6.07, 6.45) is 0. The normalized spacial score (nSPS) is 10.5. The van der Waals surface area contributed by atoms with Crippen LogP contribution in [0.4, 0.5) is 0 Å². The summed E-state index contributed by atoms with van der Waals surface area (Å²) in [6.45, 7) is 0. The van der Waals surface area contributed by atoms with Crippen molar-refractivity contribution in [3.63, 3.8) is 0 Å². The van der Waals surface area contributed by atoms with Gasteiger partial charge in [-0.3, -0.25) is 19.2 Å². The highest BCUT2D eigenvalue weighted by Crippen LogP contribution is 2.41. The summed E-state index contributed by atoms with van der Waals surface area (Å²) in [5.41, 5.74) is -0.618. The minimum absolute atomic E-state index is 0.0217. The first-order valence-corrected chi connectivity index (χ1v) is 12.4. The first-order chi connectivity index (χ1) is 20.1. The lowest BCUT2D eigenvalue weighted by Gasteiger charge is -2.17. The number of ketones is 4. The predicted molar refractivity (Wildman–Crippen MR) is 152 cm³/mol. The molecule has 0 aliphatic carbocycles. The third-order valence-corrected chi connectivity index (χ3v) is 6.49. The van der Waals surface area contributed by atoms with Crippen molar-refractivity contribution in [3.8, 4) is 45.6 Å². The van der Waals surface area contributed by atoms with E-state index in [1.165, 1.54) is 77.0 Å². The lowest BCUT2D eigenvalue weighted by molar-refractivity contribution is 0.0816. The molecule has 0 aliphatic rings. The second kappa shape index (κ2) is 12.3. The van der Waals surface area contributed by atoms with Crippen LogP contribution >= 0.6 is 0 Å². The quantitative estimate of drug-likeness (QED) is 0.188. The highest BCUT2D eigenvalue weighted by molar-refractivity contribution is 6.52. The van der Waals surface area contributed by atoms with Gasteiger partial charge in [0.25, 0.3) is 0 Å². The molecule has 2 N–H and O–H groups in total. The largest absolute Gasteiger partial charge is 0.504 e. The topological polar surface area (TPSA) is 146 Å². The highest BCUT2D eigenvalue weighted by atomic mass is 16.5. The van der Waals surface area contributed by atoms with Gasteiger partial charge in [0.2, 0.25) is 23.1 Å². The van der Waals surface area contributed by atoms with Crippen molar-refractivity contribution in [2.75, 3.05) is 28.4 Å². The van der Waals surface area contributed by atoms with Crippen molar-refractivity contribution in [3.05, 3.63) is 95.1 Å². The van der Waals surface area contributed by atoms with Crippen molar-refractivity contribution in [2.24, 2.45) is 0 Å². The van der Waals surface area contributed by atoms with Gasteiger partial charge in [-0.1, -0.05) is 24.3 Å². The van der Waals surface area contributed by atoms with Crippen molar-refractivity contribution < 1.29 is 48.3 Å². The summed E-state index contributed by atoms with van der Waals surface area (Å²) in [4.78, 5) is 53.9. The molecule has 0 saturated heterocycles. The zero-order valence-corrected chi connectivity index (χ0v) is 23.1. The predicted octanol–water partition coefficient (Wildman–Crippen LogP) is 4.93. The van der Waals surface area contributed by atoms with E-state index in [-0.39, 0.29) is 44.9 Å². The molecule has 0 aromatic heterocycles. The number of phenols is 2. The number of hydrogen-bond donors (Lipinski definition) is 2. The molecule has 0 bridgehead atoms. The Morgan fingerprint density at radius 2 is 0.881 bits per heavy atom. The summed E-state index contributed by atoms with van der Waals surface area (Å²) >= 11 is 0. The fraction of sp³-hybridized carbons (Fsp3) is 0.125. The van der Waals surface area contributed by atoms with E-state index in [0.29, 0.717) is 11.5 Å². The molecule has 0 saturated carbocycles. The monoisotopic (exact) mass is 570 g/mol. The zero-order chi connectivity index (χ0) is 30.6. The summed E-state index contributed by atoms with van der Waals surface area (Å²) in [6, 6.07) is 16.5. The van der Waals surface area contributed by atoms with E-state index in [9.17, 15) is 29.4 Å². The van der Waals surface area contributed by atoms with Gasteiger partial charge >= 0.3 is 0 Å². The van der Waals surface area contributed by atoms with Crippen LogP contribution in [0.15, 0.2) is 72.8 Å². The van der Waals surface area contributed by atoms with Crippen LogP contribution in [0.3, 0.4) is 0 Å². The van der Waals surface area contributed by atoms with Crippen LogP contribution in [-0.2, 0) is 0 Å². The fourth-order valence-corrected chi connectivity index (χ4v) is 4.32. The molecule has 0 radical (unpaired) electrons. The maximum atomic E-state index is 13.6. The number of benzene rings is 4. The van der Waals surface area contributed by atoms with Gasteiger partial charge in [-0.25, -0.2) is 0 Å². The average Bonchev–Trinajstić information content (AvgIpc) is 3.03. The molecule has 0 unspecified atom stereocenters. The van der Waals surface area contributed by atoms with Crippen LogP contribution in [0.2, 0.25) is 0 Å². The van der Waals surface area contributed by atoms with E-state index in [1.807, 2.05) is 0 Å². The molecule has 0 atom stereocenters. The molecule has 0 amide bonds. The third-order valence-electron chi connectivity index (χ3n) is 6.49. The number of carbonyl (C=O) groups is 4. The minimum Gasteiger partial charge on any atom is -0.504 e. The molecule has 0 fully saturated rings. The highest BCUT2D eigenvalue weighted by Gasteiger charge is 2.29. The molecule has 10 nitrogen and oxygen atoms in total. The van der Waals surface area contributed by atoms with Gasteiger partial charge in [-0.15, -0.1) is 0 Å². The lowest BCUT2D eigenvalue weighted by Crippen LogP contribution is -2.18. The molecule has 0 spiro atoms. The number of carbonyl (C=O) groups excluding carboxylic acids is 4. The molecule has 42 heavy (non-hydrogen) atoms. The van der Waals surface area contributed by atoms with Crippen molar-refractivity contribution >= 4 is 23.1 Å². The number of rotatable bonds is 11. The van der Waals surface area contributed by atoms with Gasteiger partial charge in [-0.2, -0.15) is 0 Å². The Morgan fingerprint density at radius 1 is 0.500 bits per heavy atom. The molecule has 4 aromatic carbocycles. The Morgan fingerprint density at radius 3 is 1.21 bits per heavy atom. The zero-order valence-electron chi connectivity index (χ0n) is 23.1. The smallest absolute Gasteiger partial charge is 0.234 e. The van der Waals surface area contributed by atoms with E-state index in [0.717, 1.165) is 12.1 Å². The van der Waals surface area contributed by atoms with Gasteiger partial charge in [0.05, 0.1) is 28.4 Å². The average molecular weight is 571 g/mol. The van der Waals surface area contributed by atoms with Crippen molar-refractivity contribution in [1.29, 1.82) is 0 Å². The summed E-state index contributed by atoms with van der Waals surface area (Å²) in [5, 5.41) is 21.1. The van der Waals surface area contributed by atoms with Gasteiger partial charge in [0.1, 0.15) is 11.5 Å². The molecule has 0 heterocycles. The molecular weight excluding hydrogens is 544 g/mol. The number of hydrogen-bond acceptors (Lipinski definition) is 10. The molecule has 10 heteroatoms. The summed E-state index contributed by atoms with van der Waals surface area (Å²) < 4.78 is 20.8. The van der Waals surface area contributed by atoms with Gasteiger partial charge in [0, 0.05) is 22.3 Å². The van der Waals surface area contributed by atoms with Crippen LogP contribution < -0.4 is 18.9 Å². The Bertz CT molecular complexity index is 1590. The van der Waals surface area contributed by atoms with Crippen LogP contribution in [0, 0.1) is 0 Å². The van der Waals surface area contributed by atoms with Crippen molar-refractivity contribution in [2.45, 2.75) is 0 Å². The van der Waals surface area contributed by atoms with Crippen LogP contribution in [0.25, 0.3) is 11.1 Å². The molecule has 214 valence electrons. The lowest BCUT2D eigenvalue weighted by atomic mass is 9.87. The second-order valence-corrected chi connectivity index (χ2v) is 8.92. The standard InChI is InChI=1S/C32H26O10/c1-39-19-9-5-7-17(11-19)29(35)31(37)23-13-25(33)27(41-3)15-21(23)22-16-28(42-4)26(34)14-24(22)32(38)30(36)18-8-6-10-20(12-18)40-2/h5-16,33-34H,1-4H3. The Hall–Kier alpha value is -5.64. The maximum absolute atomic E-state index is 13.6. The molecule has 4 aromatic rings. The third kappa shape index (κ3) is 5.64. The fourth-order valence-electron chi connectivity index (χ4n) is 4.32. The Labute approximate surface area is 240 Å². The van der Waals surface area contributed by atoms with E-state index in [1.54, 1.807) is 12.1 Å². The Kier molecular flexibility index (Phi) is 8.56. The first kappa shape index (κ1) is 29.3. The number of phenolic OH excluding ortho intramolecular Hbond substituents is 2. The second-order valence-electron chi connectivity index (χ2n) is 8.92. The number of methoxy groups -OCH3 is 4. The van der Waals surface area contributed by atoms with Gasteiger partial charge < -0.3 is 29.2 Å². The number of ether oxygens (including phenoxy) is 4. The van der Waals surface area contributed by atoms with E-state index in [4.69, 9.17) is 18.9 Å².